The number of aromatic nitrogens is 6. The number of nitrogens with zero attached hydrogens (tertiary/aromatic N) is 7. The molecule has 0 radical (unpaired) electrons. The molecule has 2 N–H and O–H groups in total. The summed E-state index contributed by atoms with van der Waals surface area (Å²) in [5, 5.41) is 4.08. The lowest BCUT2D eigenvalue weighted by Gasteiger charge is -2.36. The summed E-state index contributed by atoms with van der Waals surface area (Å²) in [4.78, 5) is 26.2. The molecule has 4 rings (SSSR count). The molecule has 3 aromatic heterocycles. The molecule has 1 aliphatic rings. The van der Waals surface area contributed by atoms with Gasteiger partial charge in [-0.2, -0.15) is 10.1 Å². The molecule has 0 aliphatic carbocycles. The lowest BCUT2D eigenvalue weighted by Crippen LogP contribution is -2.48. The van der Waals surface area contributed by atoms with Gasteiger partial charge in [0.1, 0.15) is 17.7 Å². The molecule has 1 aliphatic heterocycles. The maximum Gasteiger partial charge on any atom is 0.280 e. The molecular formula is C16H18F2N8O. The molecule has 0 bridgehead atoms. The number of hydrogen-bond donors (Lipinski definition) is 1. The van der Waals surface area contributed by atoms with Gasteiger partial charge in [-0.15, -0.1) is 0 Å². The molecule has 27 heavy (non-hydrogen) atoms. The van der Waals surface area contributed by atoms with Crippen LogP contribution in [0, 0.1) is 0 Å². The van der Waals surface area contributed by atoms with E-state index in [0.29, 0.717) is 24.4 Å². The maximum atomic E-state index is 13.2. The van der Waals surface area contributed by atoms with Gasteiger partial charge in [0.15, 0.2) is 0 Å². The number of carbonyl (C=O) groups excluding carboxylic acids is 1. The molecule has 142 valence electrons. The minimum atomic E-state index is -2.74. The highest BCUT2D eigenvalue weighted by Crippen LogP contribution is 2.29. The van der Waals surface area contributed by atoms with E-state index in [1.165, 1.54) is 16.9 Å². The summed E-state index contributed by atoms with van der Waals surface area (Å²) < 4.78 is 29.6. The highest BCUT2D eigenvalue weighted by Gasteiger charge is 2.34. The van der Waals surface area contributed by atoms with Crippen molar-refractivity contribution in [2.24, 2.45) is 12.8 Å². The minimum absolute atomic E-state index is 0.0863. The molecule has 2 atom stereocenters. The van der Waals surface area contributed by atoms with Crippen LogP contribution in [0.25, 0.3) is 5.78 Å². The molecule has 0 aromatic carbocycles. The van der Waals surface area contributed by atoms with Crippen LogP contribution >= 0.6 is 0 Å². The molecule has 0 spiro atoms. The van der Waals surface area contributed by atoms with Gasteiger partial charge in [-0.05, 0) is 12.5 Å². The fourth-order valence-corrected chi connectivity index (χ4v) is 3.38. The largest absolute Gasteiger partial charge is 0.340 e. The van der Waals surface area contributed by atoms with E-state index in [-0.39, 0.29) is 35.9 Å². The number of amides is 1. The third kappa shape index (κ3) is 3.14. The van der Waals surface area contributed by atoms with Crippen LogP contribution in [0.1, 0.15) is 40.6 Å². The third-order valence-electron chi connectivity index (χ3n) is 4.78. The molecule has 1 saturated heterocycles. The van der Waals surface area contributed by atoms with E-state index in [2.05, 4.69) is 20.1 Å². The fraction of sp³-hybridized carbons (Fsp3) is 0.438. The van der Waals surface area contributed by atoms with Gasteiger partial charge >= 0.3 is 0 Å². The number of nitrogens with two attached hydrogens (primary N) is 1. The number of carbonyl (C=O) groups is 1. The zero-order valence-corrected chi connectivity index (χ0v) is 14.5. The Hall–Kier alpha value is -2.95. The molecule has 4 heterocycles. The smallest absolute Gasteiger partial charge is 0.280 e. The van der Waals surface area contributed by atoms with Gasteiger partial charge in [0.2, 0.25) is 0 Å². The van der Waals surface area contributed by atoms with Crippen LogP contribution in [0.5, 0.6) is 0 Å². The van der Waals surface area contributed by atoms with Gasteiger partial charge in [-0.3, -0.25) is 4.79 Å². The van der Waals surface area contributed by atoms with Crippen molar-refractivity contribution >= 4 is 11.7 Å². The molecular weight excluding hydrogens is 358 g/mol. The van der Waals surface area contributed by atoms with Gasteiger partial charge in [0.05, 0.1) is 12.0 Å². The number of aryl methyl sites for hydroxylation is 1. The Labute approximate surface area is 152 Å². The summed E-state index contributed by atoms with van der Waals surface area (Å²) in [6.07, 6.45) is 2.24. The Kier molecular flexibility index (Phi) is 4.30. The van der Waals surface area contributed by atoms with E-state index in [4.69, 9.17) is 5.73 Å². The molecule has 1 amide bonds. The topological polar surface area (TPSA) is 107 Å². The Balaban J connectivity index is 1.69. The molecule has 3 aromatic rings. The highest BCUT2D eigenvalue weighted by molar-refractivity contribution is 5.92. The summed E-state index contributed by atoms with van der Waals surface area (Å²) in [6, 6.07) is 0.990. The molecule has 11 heteroatoms. The maximum absolute atomic E-state index is 13.2. The third-order valence-corrected chi connectivity index (χ3v) is 4.78. The van der Waals surface area contributed by atoms with Crippen molar-refractivity contribution in [3.05, 3.63) is 42.0 Å². The Morgan fingerprint density at radius 3 is 2.89 bits per heavy atom. The van der Waals surface area contributed by atoms with E-state index in [1.807, 2.05) is 0 Å². The first kappa shape index (κ1) is 17.5. The van der Waals surface area contributed by atoms with Crippen molar-refractivity contribution in [1.29, 1.82) is 0 Å². The first-order valence-corrected chi connectivity index (χ1v) is 8.45. The van der Waals surface area contributed by atoms with Crippen molar-refractivity contribution in [2.75, 3.05) is 13.1 Å². The average Bonchev–Trinajstić information content (AvgIpc) is 3.29. The first-order valence-electron chi connectivity index (χ1n) is 8.45. The monoisotopic (exact) mass is 376 g/mol. The van der Waals surface area contributed by atoms with E-state index >= 15 is 0 Å². The number of fused-ring (bicyclic) bond motifs is 1. The van der Waals surface area contributed by atoms with Crippen LogP contribution in [0.2, 0.25) is 0 Å². The van der Waals surface area contributed by atoms with Crippen molar-refractivity contribution in [3.8, 4) is 0 Å². The molecule has 9 nitrogen and oxygen atoms in total. The number of halogens is 2. The SMILES string of the molecule is Cn1cnc(C(=O)N2CCC(N)[C@H](c3cc(C(F)F)nc4ncnn34)C2)c1. The number of likely N-dealkylation sites (tertiary alicyclic amines) is 1. The van der Waals surface area contributed by atoms with Crippen LogP contribution in [0.4, 0.5) is 8.78 Å². The number of piperidine rings is 1. The molecule has 0 saturated carbocycles. The summed E-state index contributed by atoms with van der Waals surface area (Å²) in [5.74, 6) is -0.509. The van der Waals surface area contributed by atoms with Crippen molar-refractivity contribution in [2.45, 2.75) is 24.8 Å². The van der Waals surface area contributed by atoms with E-state index in [0.717, 1.165) is 0 Å². The second kappa shape index (κ2) is 6.65. The Morgan fingerprint density at radius 2 is 2.19 bits per heavy atom. The van der Waals surface area contributed by atoms with Crippen LogP contribution in [-0.2, 0) is 7.05 Å². The second-order valence-electron chi connectivity index (χ2n) is 6.61. The van der Waals surface area contributed by atoms with E-state index in [9.17, 15) is 13.6 Å². The second-order valence-corrected chi connectivity index (χ2v) is 6.61. The zero-order valence-electron chi connectivity index (χ0n) is 14.5. The van der Waals surface area contributed by atoms with Crippen molar-refractivity contribution < 1.29 is 13.6 Å². The molecule has 1 fully saturated rings. The summed E-state index contributed by atoms with van der Waals surface area (Å²) in [5.41, 5.74) is 6.70. The average molecular weight is 376 g/mol. The Bertz CT molecular complexity index is 984. The summed E-state index contributed by atoms with van der Waals surface area (Å²) in [6.45, 7) is 0.749. The number of hydrogen-bond acceptors (Lipinski definition) is 6. The van der Waals surface area contributed by atoms with Crippen molar-refractivity contribution in [1.82, 2.24) is 34.0 Å². The van der Waals surface area contributed by atoms with Gasteiger partial charge in [0, 0.05) is 38.3 Å². The summed E-state index contributed by atoms with van der Waals surface area (Å²) >= 11 is 0. The van der Waals surface area contributed by atoms with E-state index < -0.39 is 6.43 Å². The lowest BCUT2D eigenvalue weighted by atomic mass is 9.89. The highest BCUT2D eigenvalue weighted by atomic mass is 19.3. The van der Waals surface area contributed by atoms with Gasteiger partial charge in [0.25, 0.3) is 18.1 Å². The van der Waals surface area contributed by atoms with E-state index in [1.54, 1.807) is 29.0 Å². The van der Waals surface area contributed by atoms with Gasteiger partial charge < -0.3 is 15.2 Å². The predicted molar refractivity (Wildman–Crippen MR) is 90.2 cm³/mol. The fourth-order valence-electron chi connectivity index (χ4n) is 3.38. The van der Waals surface area contributed by atoms with Crippen LogP contribution in [0.15, 0.2) is 24.9 Å². The number of alkyl halides is 2. The van der Waals surface area contributed by atoms with Crippen LogP contribution in [0.3, 0.4) is 0 Å². The molecule has 1 unspecified atom stereocenters. The van der Waals surface area contributed by atoms with Gasteiger partial charge in [-0.25, -0.2) is 23.3 Å². The van der Waals surface area contributed by atoms with Crippen LogP contribution < -0.4 is 5.73 Å². The standard InChI is InChI=1S/C16H18F2N8O/c1-24-6-12(21-8-24)15(27)25-3-2-10(19)9(5-25)13-4-11(14(17)18)23-16-20-7-22-26(13)16/h4,6-10,14H,2-3,5,19H2,1H3/t9-,10?/m1/s1. The zero-order chi connectivity index (χ0) is 19.1. The first-order chi connectivity index (χ1) is 12.9. The van der Waals surface area contributed by atoms with Crippen LogP contribution in [-0.4, -0.2) is 59.1 Å². The normalized spacial score (nSPS) is 20.6. The van der Waals surface area contributed by atoms with Gasteiger partial charge in [-0.1, -0.05) is 0 Å². The Morgan fingerprint density at radius 1 is 1.37 bits per heavy atom. The number of imidazole rings is 1. The minimum Gasteiger partial charge on any atom is -0.340 e. The predicted octanol–water partition coefficient (Wildman–Crippen LogP) is 0.752. The quantitative estimate of drug-likeness (QED) is 0.723. The lowest BCUT2D eigenvalue weighted by molar-refractivity contribution is 0.0685. The number of rotatable bonds is 3. The summed E-state index contributed by atoms with van der Waals surface area (Å²) in [7, 11) is 1.78. The van der Waals surface area contributed by atoms with Crippen molar-refractivity contribution in [3.63, 3.8) is 0 Å².